The van der Waals surface area contributed by atoms with Gasteiger partial charge in [0.1, 0.15) is 4.75 Å². The van der Waals surface area contributed by atoms with Crippen molar-refractivity contribution in [3.8, 4) is 0 Å². The molecule has 1 N–H and O–H groups in total. The molecule has 0 aromatic heterocycles. The number of ether oxygens (including phenoxy) is 2. The Kier molecular flexibility index (Phi) is 3.64. The number of hydrogen-bond acceptors (Lipinski definition) is 4. The van der Waals surface area contributed by atoms with E-state index in [1.807, 2.05) is 20.8 Å². The van der Waals surface area contributed by atoms with Gasteiger partial charge in [-0.2, -0.15) is 0 Å². The Morgan fingerprint density at radius 3 is 2.29 bits per heavy atom. The lowest BCUT2D eigenvalue weighted by atomic mass is 9.91. The molecule has 1 saturated heterocycles. The molecule has 100 valence electrons. The lowest BCUT2D eigenvalue weighted by molar-refractivity contribution is -0.178. The molecule has 0 aromatic carbocycles. The Morgan fingerprint density at radius 1 is 1.29 bits per heavy atom. The smallest absolute Gasteiger partial charge is 0.168 e. The molecule has 0 bridgehead atoms. The first-order valence-electron chi connectivity index (χ1n) is 6.72. The summed E-state index contributed by atoms with van der Waals surface area (Å²) in [5.74, 6) is -0.463. The molecular weight excluding hydrogens is 238 g/mol. The third-order valence-electron chi connectivity index (χ3n) is 3.22. The Balaban J connectivity index is 1.91. The van der Waals surface area contributed by atoms with Crippen molar-refractivity contribution in [2.24, 2.45) is 0 Å². The highest BCUT2D eigenvalue weighted by atomic mass is 32.2. The Labute approximate surface area is 108 Å². The van der Waals surface area contributed by atoms with Crippen LogP contribution in [-0.2, 0) is 20.8 Å². The molecule has 4 nitrogen and oxygen atoms in total. The molecule has 0 radical (unpaired) electrons. The molecule has 5 heteroatoms. The largest absolute Gasteiger partial charge is 0.598 e. The molecule has 1 spiro atoms. The van der Waals surface area contributed by atoms with Gasteiger partial charge in [-0.25, -0.2) is 0 Å². The maximum absolute atomic E-state index is 12.1. The second kappa shape index (κ2) is 5.05. The first kappa shape index (κ1) is 12.2. The van der Waals surface area contributed by atoms with Crippen LogP contribution in [-0.4, -0.2) is 34.3 Å². The highest BCUT2D eigenvalue weighted by molar-refractivity contribution is 7.90. The minimum atomic E-state index is -1.21. The van der Waals surface area contributed by atoms with Crippen LogP contribution < -0.4 is 4.72 Å². The number of hydrogen-bond donors (Lipinski definition) is 1. The van der Waals surface area contributed by atoms with Crippen LogP contribution in [0.5, 0.6) is 0 Å². The van der Waals surface area contributed by atoms with Crippen molar-refractivity contribution in [3.05, 3.63) is 0 Å². The monoisotopic (exact) mass is 262 g/mol. The van der Waals surface area contributed by atoms with Crippen molar-refractivity contribution in [1.29, 1.82) is 0 Å². The predicted octanol–water partition coefficient (Wildman–Crippen LogP) is 1.72. The molecule has 2 aliphatic rings. The van der Waals surface area contributed by atoms with Gasteiger partial charge in [0.15, 0.2) is 5.79 Å². The van der Waals surface area contributed by atoms with Crippen molar-refractivity contribution >= 4 is 11.4 Å². The average molecular weight is 262 g/mol. The summed E-state index contributed by atoms with van der Waals surface area (Å²) < 4.78 is 34.3. The summed E-state index contributed by atoms with van der Waals surface area (Å²) in [5.41, 5.74) is 0. The maximum atomic E-state index is 12.1. The standard InChI is InChI=1S/C12H23NO3S/c1-11(2,3)17(14)13-10-4-6-12(7-5-10)15-8-9-16-12/h10,13H,4-9H2,1-3H3/i10D. The lowest BCUT2D eigenvalue weighted by Crippen LogP contribution is -2.48. The topological polar surface area (TPSA) is 53.5 Å². The summed E-state index contributed by atoms with van der Waals surface area (Å²) in [5, 5.41) is 0. The zero-order chi connectivity index (χ0) is 13.4. The fraction of sp³-hybridized carbons (Fsp3) is 1.00. The molecule has 0 aromatic rings. The van der Waals surface area contributed by atoms with Crippen LogP contribution in [0.25, 0.3) is 0 Å². The van der Waals surface area contributed by atoms with Gasteiger partial charge in [0.25, 0.3) is 0 Å². The van der Waals surface area contributed by atoms with E-state index < -0.39 is 23.2 Å². The highest BCUT2D eigenvalue weighted by Gasteiger charge is 2.41. The van der Waals surface area contributed by atoms with Gasteiger partial charge in [0.2, 0.25) is 0 Å². The summed E-state index contributed by atoms with van der Waals surface area (Å²) in [6.07, 6.45) is 2.61. The van der Waals surface area contributed by atoms with Crippen molar-refractivity contribution in [3.63, 3.8) is 0 Å². The van der Waals surface area contributed by atoms with Crippen LogP contribution in [0.2, 0.25) is 0 Å². The molecule has 1 unspecified atom stereocenters. The van der Waals surface area contributed by atoms with E-state index in [-0.39, 0.29) is 4.75 Å². The van der Waals surface area contributed by atoms with Crippen molar-refractivity contribution in [1.82, 2.24) is 4.72 Å². The second-order valence-corrected chi connectivity index (χ2v) is 7.66. The van der Waals surface area contributed by atoms with Crippen molar-refractivity contribution < 1.29 is 15.4 Å². The van der Waals surface area contributed by atoms with Gasteiger partial charge in [-0.05, 0) is 33.6 Å². The normalized spacial score (nSPS) is 30.2. The molecular formula is C12H23NO3S. The SMILES string of the molecule is [2H]C1(N[S+]([O-])C(C)(C)C)CCC2(CC1)OCCO2. The number of rotatable bonds is 2. The van der Waals surface area contributed by atoms with Gasteiger partial charge in [-0.15, -0.1) is 4.72 Å². The highest BCUT2D eigenvalue weighted by Crippen LogP contribution is 2.36. The summed E-state index contributed by atoms with van der Waals surface area (Å²) in [6, 6.07) is -0.821. The van der Waals surface area contributed by atoms with Crippen LogP contribution >= 0.6 is 0 Å². The predicted molar refractivity (Wildman–Crippen MR) is 67.9 cm³/mol. The zero-order valence-electron chi connectivity index (χ0n) is 11.9. The molecule has 0 amide bonds. The second-order valence-electron chi connectivity index (χ2n) is 5.69. The Bertz CT molecular complexity index is 292. The molecule has 2 fully saturated rings. The van der Waals surface area contributed by atoms with Gasteiger partial charge < -0.3 is 14.0 Å². The quantitative estimate of drug-likeness (QED) is 0.770. The molecule has 1 atom stereocenters. The fourth-order valence-electron chi connectivity index (χ4n) is 2.10. The summed E-state index contributed by atoms with van der Waals surface area (Å²) >= 11 is -1.21. The van der Waals surface area contributed by atoms with Crippen LogP contribution in [0.1, 0.15) is 47.8 Å². The first-order chi connectivity index (χ1) is 8.25. The molecule has 1 aliphatic carbocycles. The summed E-state index contributed by atoms with van der Waals surface area (Å²) in [6.45, 7) is 7.02. The molecule has 2 rings (SSSR count). The van der Waals surface area contributed by atoms with Crippen molar-refractivity contribution in [2.45, 2.75) is 63.0 Å². The number of nitrogens with one attached hydrogen (secondary N) is 1. The van der Waals surface area contributed by atoms with E-state index in [9.17, 15) is 4.55 Å². The van der Waals surface area contributed by atoms with Gasteiger partial charge in [0, 0.05) is 24.2 Å². The Hall–Kier alpha value is 0.190. The summed E-state index contributed by atoms with van der Waals surface area (Å²) in [7, 11) is 0. The molecule has 17 heavy (non-hydrogen) atoms. The molecule has 1 saturated carbocycles. The van der Waals surface area contributed by atoms with Crippen molar-refractivity contribution in [2.75, 3.05) is 13.2 Å². The van der Waals surface area contributed by atoms with Crippen LogP contribution in [0.3, 0.4) is 0 Å². The lowest BCUT2D eigenvalue weighted by Gasteiger charge is -2.36. The van der Waals surface area contributed by atoms with E-state index in [1.165, 1.54) is 0 Å². The fourth-order valence-corrected chi connectivity index (χ4v) is 2.88. The maximum Gasteiger partial charge on any atom is 0.168 e. The van der Waals surface area contributed by atoms with E-state index >= 15 is 0 Å². The average Bonchev–Trinajstić information content (AvgIpc) is 2.71. The van der Waals surface area contributed by atoms with E-state index in [0.717, 1.165) is 0 Å². The molecule has 1 aliphatic heterocycles. The minimum Gasteiger partial charge on any atom is -0.598 e. The van der Waals surface area contributed by atoms with Gasteiger partial charge in [-0.3, -0.25) is 0 Å². The van der Waals surface area contributed by atoms with E-state index in [2.05, 4.69) is 4.72 Å². The van der Waals surface area contributed by atoms with E-state index in [1.54, 1.807) is 0 Å². The van der Waals surface area contributed by atoms with E-state index in [0.29, 0.717) is 38.9 Å². The van der Waals surface area contributed by atoms with Gasteiger partial charge >= 0.3 is 0 Å². The third-order valence-corrected chi connectivity index (χ3v) is 4.81. The van der Waals surface area contributed by atoms with Gasteiger partial charge in [0.05, 0.1) is 20.6 Å². The van der Waals surface area contributed by atoms with Gasteiger partial charge in [-0.1, -0.05) is 0 Å². The summed E-state index contributed by atoms with van der Waals surface area (Å²) in [4.78, 5) is 0. The van der Waals surface area contributed by atoms with Crippen LogP contribution in [0, 0.1) is 0 Å². The first-order valence-corrected chi connectivity index (χ1v) is 7.37. The van der Waals surface area contributed by atoms with Crippen LogP contribution in [0.15, 0.2) is 0 Å². The third kappa shape index (κ3) is 3.35. The molecule has 1 heterocycles. The van der Waals surface area contributed by atoms with E-state index in [4.69, 9.17) is 10.8 Å². The minimum absolute atomic E-state index is 0.344. The van der Waals surface area contributed by atoms with Crippen LogP contribution in [0.4, 0.5) is 0 Å². The zero-order valence-corrected chi connectivity index (χ0v) is 11.7. The Morgan fingerprint density at radius 2 is 1.82 bits per heavy atom.